The van der Waals surface area contributed by atoms with Gasteiger partial charge in [-0.15, -0.1) is 0 Å². The molecule has 0 bridgehead atoms. The van der Waals surface area contributed by atoms with Crippen molar-refractivity contribution in [2.24, 2.45) is 0 Å². The van der Waals surface area contributed by atoms with E-state index in [2.05, 4.69) is 97.2 Å². The summed E-state index contributed by atoms with van der Waals surface area (Å²) in [6.45, 7) is 0. The summed E-state index contributed by atoms with van der Waals surface area (Å²) >= 11 is 0. The number of rotatable bonds is 4. The van der Waals surface area contributed by atoms with Gasteiger partial charge in [0.1, 0.15) is 0 Å². The molecule has 0 heterocycles. The second-order valence-electron chi connectivity index (χ2n) is 7.36. The molecule has 26 heavy (non-hydrogen) atoms. The van der Waals surface area contributed by atoms with E-state index in [0.717, 1.165) is 0 Å². The van der Waals surface area contributed by atoms with Gasteiger partial charge in [-0.1, -0.05) is 72.9 Å². The monoisotopic (exact) mass is 449 g/mol. The molecular weight excluding hydrogens is 420 g/mol. The Labute approximate surface area is 172 Å². The fourth-order valence-corrected chi connectivity index (χ4v) is 11.6. The molecule has 0 saturated carbocycles. The summed E-state index contributed by atoms with van der Waals surface area (Å²) in [5.74, 6) is 0. The smallest absolute Gasteiger partial charge is 0.0803 e. The Balaban J connectivity index is 0.00000196. The van der Waals surface area contributed by atoms with Gasteiger partial charge in [0.15, 0.2) is 0 Å². The van der Waals surface area contributed by atoms with Crippen LogP contribution in [0.5, 0.6) is 0 Å². The van der Waals surface area contributed by atoms with E-state index in [1.165, 1.54) is 25.7 Å². The maximum Gasteiger partial charge on any atom is 0.0931 e. The zero-order chi connectivity index (χ0) is 17.0. The average Bonchev–Trinajstić information content (AvgIpc) is 2.72. The van der Waals surface area contributed by atoms with Gasteiger partial charge in [-0.25, -0.2) is 0 Å². The van der Waals surface area contributed by atoms with Crippen LogP contribution < -0.4 is 0 Å². The van der Waals surface area contributed by atoms with Crippen molar-refractivity contribution < 1.29 is 19.5 Å². The summed E-state index contributed by atoms with van der Waals surface area (Å²) in [6.07, 6.45) is 42.7. The Morgan fingerprint density at radius 2 is 0.692 bits per heavy atom. The Morgan fingerprint density at radius 1 is 0.423 bits per heavy atom. The van der Waals surface area contributed by atoms with Crippen molar-refractivity contribution in [3.63, 3.8) is 0 Å². The molecule has 0 aliphatic heterocycles. The third kappa shape index (κ3) is 3.67. The molecule has 0 saturated heterocycles. The van der Waals surface area contributed by atoms with Crippen LogP contribution in [0.25, 0.3) is 0 Å². The topological polar surface area (TPSA) is 0 Å². The fraction of sp³-hybridized carbons (Fsp3) is 0.333. The van der Waals surface area contributed by atoms with E-state index >= 15 is 0 Å². The Morgan fingerprint density at radius 3 is 0.885 bits per heavy atom. The minimum Gasteiger partial charge on any atom is -0.0803 e. The minimum atomic E-state index is -1.35. The van der Waals surface area contributed by atoms with Crippen LogP contribution in [0.4, 0.5) is 0 Å². The maximum atomic E-state index is 2.54. The second-order valence-corrected chi connectivity index (χ2v) is 11.8. The van der Waals surface area contributed by atoms with Gasteiger partial charge in [0.2, 0.25) is 0 Å². The molecule has 0 nitrogen and oxygen atoms in total. The summed E-state index contributed by atoms with van der Waals surface area (Å²) in [7, 11) is -1.35. The molecule has 4 unspecified atom stereocenters. The fourth-order valence-electron chi connectivity index (χ4n) is 5.07. The first-order valence-electron chi connectivity index (χ1n) is 9.63. The normalized spacial score (nSPS) is 33.8. The van der Waals surface area contributed by atoms with Crippen molar-refractivity contribution >= 4 is 7.26 Å². The molecular formula is C24H28PRu+. The van der Waals surface area contributed by atoms with E-state index < -0.39 is 7.26 Å². The van der Waals surface area contributed by atoms with E-state index in [-0.39, 0.29) is 19.5 Å². The molecule has 0 fully saturated rings. The zero-order valence-corrected chi connectivity index (χ0v) is 17.8. The molecule has 0 aromatic heterocycles. The van der Waals surface area contributed by atoms with Gasteiger partial charge in [-0.05, 0) is 24.3 Å². The number of allylic oxidation sites excluding steroid dienone is 16. The van der Waals surface area contributed by atoms with E-state index in [9.17, 15) is 0 Å². The summed E-state index contributed by atoms with van der Waals surface area (Å²) in [4.78, 5) is 0. The van der Waals surface area contributed by atoms with Crippen LogP contribution in [0.3, 0.4) is 0 Å². The molecule has 136 valence electrons. The third-order valence-electron chi connectivity index (χ3n) is 6.13. The Bertz CT molecular complexity index is 591. The second kappa shape index (κ2) is 9.26. The molecule has 4 rings (SSSR count). The largest absolute Gasteiger partial charge is 0.0931 e. The van der Waals surface area contributed by atoms with Crippen LogP contribution in [-0.2, 0) is 19.5 Å². The molecule has 4 aliphatic rings. The summed E-state index contributed by atoms with van der Waals surface area (Å²) < 4.78 is 0. The first-order valence-corrected chi connectivity index (χ1v) is 11.7. The average molecular weight is 449 g/mol. The van der Waals surface area contributed by atoms with Crippen molar-refractivity contribution in [3.8, 4) is 0 Å². The third-order valence-corrected chi connectivity index (χ3v) is 12.3. The van der Waals surface area contributed by atoms with Crippen LogP contribution in [-0.4, -0.2) is 22.6 Å². The first kappa shape index (κ1) is 19.7. The predicted molar refractivity (Wildman–Crippen MR) is 114 cm³/mol. The first-order chi connectivity index (χ1) is 12.4. The predicted octanol–water partition coefficient (Wildman–Crippen LogP) is 6.54. The van der Waals surface area contributed by atoms with Gasteiger partial charge in [0.25, 0.3) is 0 Å². The quantitative estimate of drug-likeness (QED) is 0.338. The van der Waals surface area contributed by atoms with Gasteiger partial charge in [0, 0.05) is 52.4 Å². The zero-order valence-electron chi connectivity index (χ0n) is 15.2. The van der Waals surface area contributed by atoms with Gasteiger partial charge in [-0.3, -0.25) is 0 Å². The van der Waals surface area contributed by atoms with E-state index in [0.29, 0.717) is 22.6 Å². The van der Waals surface area contributed by atoms with Gasteiger partial charge in [0.05, 0.1) is 22.6 Å². The van der Waals surface area contributed by atoms with E-state index in [4.69, 9.17) is 0 Å². The van der Waals surface area contributed by atoms with Crippen LogP contribution in [0.2, 0.25) is 0 Å². The molecule has 2 heteroatoms. The van der Waals surface area contributed by atoms with Crippen molar-refractivity contribution in [1.29, 1.82) is 0 Å². The molecule has 0 amide bonds. The van der Waals surface area contributed by atoms with Crippen LogP contribution in [0.15, 0.2) is 97.2 Å². The van der Waals surface area contributed by atoms with Crippen molar-refractivity contribution in [2.75, 3.05) is 0 Å². The maximum absolute atomic E-state index is 2.54. The molecule has 0 radical (unpaired) electrons. The Hall–Kier alpha value is -1.03. The molecule has 0 spiro atoms. The van der Waals surface area contributed by atoms with Crippen LogP contribution >= 0.6 is 7.26 Å². The summed E-state index contributed by atoms with van der Waals surface area (Å²) in [6, 6.07) is 0. The van der Waals surface area contributed by atoms with Crippen molar-refractivity contribution in [1.82, 2.24) is 0 Å². The standard InChI is InChI=1S/C24H28P.Ru/c1-5-13-21(14-6-1)25(22-15-7-2-8-16-22,23-17-9-3-10-18-23)24-19-11-4-12-20-24;/h1-13,15,17,19,21-24H,14,16,18,20H2;/q+1;. The Kier molecular flexibility index (Phi) is 7.02. The van der Waals surface area contributed by atoms with E-state index in [1.807, 2.05) is 0 Å². The van der Waals surface area contributed by atoms with Gasteiger partial charge >= 0.3 is 0 Å². The number of hydrogen-bond donors (Lipinski definition) is 0. The van der Waals surface area contributed by atoms with Crippen molar-refractivity contribution in [3.05, 3.63) is 97.2 Å². The van der Waals surface area contributed by atoms with Gasteiger partial charge < -0.3 is 0 Å². The van der Waals surface area contributed by atoms with E-state index in [1.54, 1.807) is 0 Å². The molecule has 0 aromatic carbocycles. The minimum absolute atomic E-state index is 0. The van der Waals surface area contributed by atoms with Gasteiger partial charge in [-0.2, -0.15) is 0 Å². The SMILES string of the molecule is C1=CCC([P+](C2C=CC=CC2)(C2C=CC=CC2)C2C=CC=CC2)C=C1.[Ru]. The van der Waals surface area contributed by atoms with Crippen LogP contribution in [0.1, 0.15) is 25.7 Å². The number of hydrogen-bond acceptors (Lipinski definition) is 0. The molecule has 4 atom stereocenters. The molecule has 0 N–H and O–H groups in total. The molecule has 0 aromatic rings. The molecule has 4 aliphatic carbocycles. The summed E-state index contributed by atoms with van der Waals surface area (Å²) in [5, 5.41) is 0. The van der Waals surface area contributed by atoms with Crippen LogP contribution in [0, 0.1) is 0 Å². The van der Waals surface area contributed by atoms with Crippen molar-refractivity contribution in [2.45, 2.75) is 48.3 Å². The summed E-state index contributed by atoms with van der Waals surface area (Å²) in [5.41, 5.74) is 2.78.